The predicted octanol–water partition coefficient (Wildman–Crippen LogP) is 2.31. The van der Waals surface area contributed by atoms with Gasteiger partial charge in [0.25, 0.3) is 0 Å². The Kier molecular flexibility index (Phi) is 3.92. The van der Waals surface area contributed by atoms with Crippen molar-refractivity contribution in [1.29, 1.82) is 0 Å². The first-order chi connectivity index (χ1) is 8.58. The molecule has 0 spiro atoms. The molecule has 1 heterocycles. The van der Waals surface area contributed by atoms with E-state index in [0.29, 0.717) is 5.69 Å². The van der Waals surface area contributed by atoms with Gasteiger partial charge in [-0.1, -0.05) is 13.8 Å². The Labute approximate surface area is 113 Å². The van der Waals surface area contributed by atoms with E-state index < -0.39 is 0 Å². The molecule has 2 rings (SSSR count). The zero-order valence-electron chi connectivity index (χ0n) is 11.2. The summed E-state index contributed by atoms with van der Waals surface area (Å²) < 4.78 is 6.04. The van der Waals surface area contributed by atoms with E-state index in [4.69, 9.17) is 16.2 Å². The zero-order valence-corrected chi connectivity index (χ0v) is 12.0. The van der Waals surface area contributed by atoms with Gasteiger partial charge < -0.3 is 16.2 Å². The lowest BCUT2D eigenvalue weighted by Gasteiger charge is -2.34. The van der Waals surface area contributed by atoms with E-state index in [1.165, 1.54) is 0 Å². The minimum atomic E-state index is 0.0851. The van der Waals surface area contributed by atoms with Gasteiger partial charge >= 0.3 is 0 Å². The van der Waals surface area contributed by atoms with Crippen LogP contribution in [0.1, 0.15) is 19.4 Å². The number of rotatable bonds is 3. The van der Waals surface area contributed by atoms with Gasteiger partial charge in [0, 0.05) is 5.75 Å². The lowest BCUT2D eigenvalue weighted by molar-refractivity contribution is 0.0474. The lowest BCUT2D eigenvalue weighted by Crippen LogP contribution is -2.42. The number of aryl methyl sites for hydroxylation is 1. The van der Waals surface area contributed by atoms with Crippen molar-refractivity contribution in [3.8, 4) is 5.75 Å². The third-order valence-electron chi connectivity index (χ3n) is 3.35. The molecule has 1 aromatic rings. The highest BCUT2D eigenvalue weighted by Gasteiger charge is 2.28. The maximum atomic E-state index is 6.09. The predicted molar refractivity (Wildman–Crippen MR) is 78.1 cm³/mol. The highest BCUT2D eigenvalue weighted by atomic mass is 32.2. The molecule has 1 unspecified atom stereocenters. The molecule has 18 heavy (non-hydrogen) atoms. The van der Waals surface area contributed by atoms with Gasteiger partial charge in [0.1, 0.15) is 0 Å². The normalized spacial score (nSPS) is 18.6. The number of benzene rings is 1. The summed E-state index contributed by atoms with van der Waals surface area (Å²) in [6, 6.07) is 1.89. The number of nitrogens with zero attached hydrogens (tertiary/aromatic N) is 1. The fourth-order valence-corrected chi connectivity index (χ4v) is 3.41. The van der Waals surface area contributed by atoms with Crippen LogP contribution >= 0.6 is 11.8 Å². The second-order valence-electron chi connectivity index (χ2n) is 4.46. The van der Waals surface area contributed by atoms with Crippen molar-refractivity contribution in [2.45, 2.75) is 31.9 Å². The summed E-state index contributed by atoms with van der Waals surface area (Å²) in [6.45, 7) is 8.19. The standard InChI is InChI=1S/C13H21N3OS/c1-4-16(5-2)10-7-18-13-11(15)8(3)6-9(14)12(13)17-10/h6,10H,4-5,7,14-15H2,1-3H3. The van der Waals surface area contributed by atoms with Crippen molar-refractivity contribution in [2.75, 3.05) is 30.3 Å². The highest BCUT2D eigenvalue weighted by Crippen LogP contribution is 2.45. The van der Waals surface area contributed by atoms with E-state index in [-0.39, 0.29) is 6.23 Å². The van der Waals surface area contributed by atoms with Crippen molar-refractivity contribution in [3.63, 3.8) is 0 Å². The number of ether oxygens (including phenoxy) is 1. The smallest absolute Gasteiger partial charge is 0.162 e. The van der Waals surface area contributed by atoms with E-state index in [2.05, 4.69) is 18.7 Å². The second-order valence-corrected chi connectivity index (χ2v) is 5.49. The minimum Gasteiger partial charge on any atom is -0.471 e. The average molecular weight is 267 g/mol. The molecule has 100 valence electrons. The van der Waals surface area contributed by atoms with Gasteiger partial charge in [-0.3, -0.25) is 4.90 Å². The molecule has 1 aromatic carbocycles. The molecule has 0 fully saturated rings. The molecule has 0 aliphatic carbocycles. The first-order valence-electron chi connectivity index (χ1n) is 6.30. The van der Waals surface area contributed by atoms with Crippen LogP contribution in [0.4, 0.5) is 11.4 Å². The Hall–Kier alpha value is -1.07. The quantitative estimate of drug-likeness (QED) is 0.823. The van der Waals surface area contributed by atoms with Crippen LogP contribution in [0.25, 0.3) is 0 Å². The van der Waals surface area contributed by atoms with Gasteiger partial charge in [0.2, 0.25) is 0 Å². The Bertz CT molecular complexity index is 446. The maximum absolute atomic E-state index is 6.09. The van der Waals surface area contributed by atoms with Crippen LogP contribution < -0.4 is 16.2 Å². The molecule has 1 aliphatic rings. The summed E-state index contributed by atoms with van der Waals surface area (Å²) >= 11 is 1.74. The largest absolute Gasteiger partial charge is 0.471 e. The number of fused-ring (bicyclic) bond motifs is 1. The molecule has 0 saturated heterocycles. The first-order valence-corrected chi connectivity index (χ1v) is 7.29. The van der Waals surface area contributed by atoms with E-state index in [9.17, 15) is 0 Å². The van der Waals surface area contributed by atoms with Crippen molar-refractivity contribution in [2.24, 2.45) is 0 Å². The molecule has 5 heteroatoms. The van der Waals surface area contributed by atoms with Gasteiger partial charge in [0.15, 0.2) is 12.0 Å². The zero-order chi connectivity index (χ0) is 13.3. The summed E-state index contributed by atoms with van der Waals surface area (Å²) in [7, 11) is 0. The molecule has 0 bridgehead atoms. The fourth-order valence-electron chi connectivity index (χ4n) is 2.21. The number of nitrogens with two attached hydrogens (primary N) is 2. The van der Waals surface area contributed by atoms with Crippen LogP contribution in [0.2, 0.25) is 0 Å². The van der Waals surface area contributed by atoms with Gasteiger partial charge in [-0.05, 0) is 31.6 Å². The van der Waals surface area contributed by atoms with Gasteiger partial charge in [-0.25, -0.2) is 0 Å². The van der Waals surface area contributed by atoms with Crippen LogP contribution in [0.15, 0.2) is 11.0 Å². The van der Waals surface area contributed by atoms with Crippen molar-refractivity contribution in [1.82, 2.24) is 4.90 Å². The number of anilines is 2. The number of hydrogen-bond donors (Lipinski definition) is 2. The van der Waals surface area contributed by atoms with Crippen LogP contribution in [-0.4, -0.2) is 30.0 Å². The summed E-state index contributed by atoms with van der Waals surface area (Å²) in [6.07, 6.45) is 0.0851. The van der Waals surface area contributed by atoms with Gasteiger partial charge in [-0.15, -0.1) is 11.8 Å². The van der Waals surface area contributed by atoms with E-state index in [0.717, 1.165) is 40.7 Å². The highest BCUT2D eigenvalue weighted by molar-refractivity contribution is 7.99. The minimum absolute atomic E-state index is 0.0851. The Morgan fingerprint density at radius 1 is 1.39 bits per heavy atom. The van der Waals surface area contributed by atoms with Crippen molar-refractivity contribution < 1.29 is 4.74 Å². The van der Waals surface area contributed by atoms with Gasteiger partial charge in [-0.2, -0.15) is 0 Å². The van der Waals surface area contributed by atoms with Gasteiger partial charge in [0.05, 0.1) is 16.3 Å². The molecule has 0 radical (unpaired) electrons. The van der Waals surface area contributed by atoms with E-state index in [1.54, 1.807) is 11.8 Å². The number of hydrogen-bond acceptors (Lipinski definition) is 5. The molecule has 4 N–H and O–H groups in total. The summed E-state index contributed by atoms with van der Waals surface area (Å²) in [5.41, 5.74) is 14.6. The Morgan fingerprint density at radius 3 is 2.67 bits per heavy atom. The summed E-state index contributed by atoms with van der Waals surface area (Å²) in [5.74, 6) is 1.65. The Morgan fingerprint density at radius 2 is 2.06 bits per heavy atom. The monoisotopic (exact) mass is 267 g/mol. The fraction of sp³-hybridized carbons (Fsp3) is 0.538. The number of nitrogen functional groups attached to an aromatic ring is 2. The molecule has 0 aromatic heterocycles. The summed E-state index contributed by atoms with van der Waals surface area (Å²) in [5, 5.41) is 0. The maximum Gasteiger partial charge on any atom is 0.162 e. The van der Waals surface area contributed by atoms with Crippen LogP contribution in [0.5, 0.6) is 5.75 Å². The van der Waals surface area contributed by atoms with E-state index in [1.807, 2.05) is 13.0 Å². The Balaban J connectivity index is 2.32. The molecule has 1 aliphatic heterocycles. The first kappa shape index (κ1) is 13.4. The molecule has 0 saturated carbocycles. The number of thioether (sulfide) groups is 1. The SMILES string of the molecule is CCN(CC)C1CSc2c(N)c(C)cc(N)c2O1. The third-order valence-corrected chi connectivity index (χ3v) is 4.50. The molecular formula is C13H21N3OS. The second kappa shape index (κ2) is 5.28. The van der Waals surface area contributed by atoms with Crippen LogP contribution in [0.3, 0.4) is 0 Å². The average Bonchev–Trinajstić information content (AvgIpc) is 2.37. The van der Waals surface area contributed by atoms with E-state index >= 15 is 0 Å². The molecular weight excluding hydrogens is 246 g/mol. The lowest BCUT2D eigenvalue weighted by atomic mass is 10.1. The topological polar surface area (TPSA) is 64.5 Å². The molecule has 0 amide bonds. The molecule has 4 nitrogen and oxygen atoms in total. The third kappa shape index (κ3) is 2.24. The van der Waals surface area contributed by atoms with Crippen molar-refractivity contribution >= 4 is 23.1 Å². The van der Waals surface area contributed by atoms with Crippen molar-refractivity contribution in [3.05, 3.63) is 11.6 Å². The van der Waals surface area contributed by atoms with Crippen LogP contribution in [-0.2, 0) is 0 Å². The van der Waals surface area contributed by atoms with Crippen LogP contribution in [0, 0.1) is 6.92 Å². The summed E-state index contributed by atoms with van der Waals surface area (Å²) in [4.78, 5) is 3.28. The molecule has 1 atom stereocenters.